The standard InChI is InChI=1S/C15H20N2O2/c1-10(12-7-16-8-12)15(18)17-13-6-11-4-2-3-5-14(11)19-9-13/h2-5,10,12-13,16H,6-9H2,1H3,(H,17,18). The first-order valence-electron chi connectivity index (χ1n) is 6.96. The molecule has 0 aliphatic carbocycles. The molecule has 0 radical (unpaired) electrons. The Morgan fingerprint density at radius 3 is 2.95 bits per heavy atom. The van der Waals surface area contributed by atoms with Crippen LogP contribution in [0, 0.1) is 11.8 Å². The van der Waals surface area contributed by atoms with E-state index in [4.69, 9.17) is 4.74 Å². The van der Waals surface area contributed by atoms with E-state index in [1.165, 1.54) is 5.56 Å². The maximum atomic E-state index is 12.2. The summed E-state index contributed by atoms with van der Waals surface area (Å²) < 4.78 is 5.69. The molecule has 2 heterocycles. The van der Waals surface area contributed by atoms with E-state index in [0.29, 0.717) is 12.5 Å². The molecule has 2 aliphatic rings. The highest BCUT2D eigenvalue weighted by Gasteiger charge is 2.30. The fraction of sp³-hybridized carbons (Fsp3) is 0.533. The summed E-state index contributed by atoms with van der Waals surface area (Å²) in [6.45, 7) is 4.49. The Kier molecular flexibility index (Phi) is 3.42. The number of rotatable bonds is 3. The second kappa shape index (κ2) is 5.21. The second-order valence-corrected chi connectivity index (χ2v) is 5.54. The van der Waals surface area contributed by atoms with Gasteiger partial charge in [0, 0.05) is 5.92 Å². The Morgan fingerprint density at radius 2 is 2.21 bits per heavy atom. The first kappa shape index (κ1) is 12.5. The van der Waals surface area contributed by atoms with Gasteiger partial charge in [-0.3, -0.25) is 4.79 Å². The van der Waals surface area contributed by atoms with Gasteiger partial charge < -0.3 is 15.4 Å². The summed E-state index contributed by atoms with van der Waals surface area (Å²) in [7, 11) is 0. The molecule has 0 saturated carbocycles. The average Bonchev–Trinajstić information content (AvgIpc) is 2.36. The summed E-state index contributed by atoms with van der Waals surface area (Å²) in [5, 5.41) is 6.33. The Balaban J connectivity index is 1.58. The summed E-state index contributed by atoms with van der Waals surface area (Å²) >= 11 is 0. The van der Waals surface area contributed by atoms with Crippen LogP contribution < -0.4 is 15.4 Å². The predicted molar refractivity (Wildman–Crippen MR) is 73.1 cm³/mol. The molecule has 2 atom stereocenters. The Bertz CT molecular complexity index is 471. The third kappa shape index (κ3) is 2.59. The molecule has 2 aliphatic heterocycles. The van der Waals surface area contributed by atoms with Gasteiger partial charge in [-0.25, -0.2) is 0 Å². The van der Waals surface area contributed by atoms with Crippen molar-refractivity contribution in [2.45, 2.75) is 19.4 Å². The largest absolute Gasteiger partial charge is 0.491 e. The lowest BCUT2D eigenvalue weighted by molar-refractivity contribution is -0.127. The molecular formula is C15H20N2O2. The van der Waals surface area contributed by atoms with E-state index < -0.39 is 0 Å². The topological polar surface area (TPSA) is 50.4 Å². The van der Waals surface area contributed by atoms with Crippen molar-refractivity contribution >= 4 is 5.91 Å². The summed E-state index contributed by atoms with van der Waals surface area (Å²) in [5.74, 6) is 1.67. The summed E-state index contributed by atoms with van der Waals surface area (Å²) in [6, 6.07) is 8.12. The second-order valence-electron chi connectivity index (χ2n) is 5.54. The first-order valence-corrected chi connectivity index (χ1v) is 6.96. The molecule has 1 aromatic rings. The zero-order valence-corrected chi connectivity index (χ0v) is 11.2. The molecule has 4 nitrogen and oxygen atoms in total. The van der Waals surface area contributed by atoms with E-state index in [1.807, 2.05) is 25.1 Å². The number of para-hydroxylation sites is 1. The predicted octanol–water partition coefficient (Wildman–Crippen LogP) is 0.962. The van der Waals surface area contributed by atoms with Gasteiger partial charge in [-0.2, -0.15) is 0 Å². The van der Waals surface area contributed by atoms with Crippen molar-refractivity contribution in [3.63, 3.8) is 0 Å². The van der Waals surface area contributed by atoms with Gasteiger partial charge in [0.2, 0.25) is 5.91 Å². The van der Waals surface area contributed by atoms with E-state index in [2.05, 4.69) is 16.7 Å². The molecule has 19 heavy (non-hydrogen) atoms. The number of carbonyl (C=O) groups excluding carboxylic acids is 1. The molecule has 102 valence electrons. The number of hydrogen-bond donors (Lipinski definition) is 2. The first-order chi connectivity index (χ1) is 9.24. The van der Waals surface area contributed by atoms with Crippen molar-refractivity contribution in [2.24, 2.45) is 11.8 Å². The minimum atomic E-state index is 0.0819. The Hall–Kier alpha value is -1.55. The molecule has 1 fully saturated rings. The zero-order valence-electron chi connectivity index (χ0n) is 11.2. The third-order valence-electron chi connectivity index (χ3n) is 4.16. The van der Waals surface area contributed by atoms with Gasteiger partial charge in [0.1, 0.15) is 12.4 Å². The number of benzene rings is 1. The average molecular weight is 260 g/mol. The Morgan fingerprint density at radius 1 is 1.42 bits per heavy atom. The molecule has 0 aromatic heterocycles. The van der Waals surface area contributed by atoms with Gasteiger partial charge in [-0.1, -0.05) is 25.1 Å². The van der Waals surface area contributed by atoms with Crippen molar-refractivity contribution in [2.75, 3.05) is 19.7 Å². The van der Waals surface area contributed by atoms with Crippen molar-refractivity contribution < 1.29 is 9.53 Å². The monoisotopic (exact) mass is 260 g/mol. The van der Waals surface area contributed by atoms with Crippen LogP contribution in [-0.2, 0) is 11.2 Å². The highest BCUT2D eigenvalue weighted by atomic mass is 16.5. The normalized spacial score (nSPS) is 23.7. The number of ether oxygens (including phenoxy) is 1. The molecule has 1 amide bonds. The number of carbonyl (C=O) groups is 1. The number of amides is 1. The van der Waals surface area contributed by atoms with E-state index >= 15 is 0 Å². The minimum absolute atomic E-state index is 0.0819. The van der Waals surface area contributed by atoms with Gasteiger partial charge >= 0.3 is 0 Å². The highest BCUT2D eigenvalue weighted by molar-refractivity contribution is 5.79. The van der Waals surface area contributed by atoms with E-state index in [0.717, 1.165) is 25.3 Å². The minimum Gasteiger partial charge on any atom is -0.491 e. The van der Waals surface area contributed by atoms with E-state index in [-0.39, 0.29) is 17.9 Å². The van der Waals surface area contributed by atoms with Crippen LogP contribution in [-0.4, -0.2) is 31.6 Å². The Labute approximate surface area is 113 Å². The molecule has 4 heteroatoms. The van der Waals surface area contributed by atoms with Crippen LogP contribution in [0.3, 0.4) is 0 Å². The molecule has 0 spiro atoms. The zero-order chi connectivity index (χ0) is 13.2. The maximum absolute atomic E-state index is 12.2. The lowest BCUT2D eigenvalue weighted by Gasteiger charge is -2.33. The molecule has 2 unspecified atom stereocenters. The highest BCUT2D eigenvalue weighted by Crippen LogP contribution is 2.24. The molecule has 1 aromatic carbocycles. The van der Waals surface area contributed by atoms with Crippen LogP contribution in [0.25, 0.3) is 0 Å². The molecule has 3 rings (SSSR count). The van der Waals surface area contributed by atoms with Gasteiger partial charge in [0.15, 0.2) is 0 Å². The lowest BCUT2D eigenvalue weighted by atomic mass is 9.88. The summed E-state index contributed by atoms with van der Waals surface area (Å²) in [4.78, 5) is 12.2. The van der Waals surface area contributed by atoms with Crippen LogP contribution in [0.4, 0.5) is 0 Å². The molecule has 0 bridgehead atoms. The molecule has 2 N–H and O–H groups in total. The van der Waals surface area contributed by atoms with E-state index in [1.54, 1.807) is 0 Å². The smallest absolute Gasteiger partial charge is 0.223 e. The quantitative estimate of drug-likeness (QED) is 0.851. The van der Waals surface area contributed by atoms with Crippen LogP contribution in [0.5, 0.6) is 5.75 Å². The van der Waals surface area contributed by atoms with Crippen molar-refractivity contribution in [1.82, 2.24) is 10.6 Å². The summed E-state index contributed by atoms with van der Waals surface area (Å²) in [6.07, 6.45) is 0.859. The fourth-order valence-electron chi connectivity index (χ4n) is 2.63. The van der Waals surface area contributed by atoms with Gasteiger partial charge in [-0.05, 0) is 37.1 Å². The SMILES string of the molecule is CC(C(=O)NC1COc2ccccc2C1)C1CNC1. The van der Waals surface area contributed by atoms with Crippen LogP contribution in [0.2, 0.25) is 0 Å². The van der Waals surface area contributed by atoms with Crippen LogP contribution >= 0.6 is 0 Å². The summed E-state index contributed by atoms with van der Waals surface area (Å²) in [5.41, 5.74) is 1.18. The van der Waals surface area contributed by atoms with Crippen molar-refractivity contribution in [3.8, 4) is 5.75 Å². The van der Waals surface area contributed by atoms with Gasteiger partial charge in [-0.15, -0.1) is 0 Å². The number of hydrogen-bond acceptors (Lipinski definition) is 3. The lowest BCUT2D eigenvalue weighted by Crippen LogP contribution is -2.52. The van der Waals surface area contributed by atoms with Crippen molar-refractivity contribution in [1.29, 1.82) is 0 Å². The van der Waals surface area contributed by atoms with Crippen molar-refractivity contribution in [3.05, 3.63) is 29.8 Å². The third-order valence-corrected chi connectivity index (χ3v) is 4.16. The van der Waals surface area contributed by atoms with Crippen LogP contribution in [0.15, 0.2) is 24.3 Å². The number of nitrogens with one attached hydrogen (secondary N) is 2. The van der Waals surface area contributed by atoms with Crippen LogP contribution in [0.1, 0.15) is 12.5 Å². The molecular weight excluding hydrogens is 240 g/mol. The maximum Gasteiger partial charge on any atom is 0.223 e. The number of fused-ring (bicyclic) bond motifs is 1. The fourth-order valence-corrected chi connectivity index (χ4v) is 2.63. The van der Waals surface area contributed by atoms with E-state index in [9.17, 15) is 4.79 Å². The van der Waals surface area contributed by atoms with Gasteiger partial charge in [0.05, 0.1) is 6.04 Å². The van der Waals surface area contributed by atoms with Gasteiger partial charge in [0.25, 0.3) is 0 Å². The molecule has 1 saturated heterocycles.